The van der Waals surface area contributed by atoms with Gasteiger partial charge in [-0.15, -0.1) is 23.1 Å². The Bertz CT molecular complexity index is 1360. The number of thioether (sulfide) groups is 1. The molecule has 40 heavy (non-hydrogen) atoms. The highest BCUT2D eigenvalue weighted by Gasteiger charge is 2.46. The van der Waals surface area contributed by atoms with Gasteiger partial charge in [-0.25, -0.2) is 9.78 Å². The second kappa shape index (κ2) is 12.0. The molecule has 208 valence electrons. The van der Waals surface area contributed by atoms with Crippen molar-refractivity contribution in [3.8, 4) is 11.3 Å². The molecule has 2 N–H and O–H groups in total. The van der Waals surface area contributed by atoms with Gasteiger partial charge in [0.05, 0.1) is 17.7 Å². The van der Waals surface area contributed by atoms with Crippen LogP contribution in [0.1, 0.15) is 35.2 Å². The van der Waals surface area contributed by atoms with Crippen LogP contribution in [0.2, 0.25) is 0 Å². The molecule has 2 saturated heterocycles. The zero-order valence-electron chi connectivity index (χ0n) is 21.8. The van der Waals surface area contributed by atoms with Crippen molar-refractivity contribution >= 4 is 46.1 Å². The Hall–Kier alpha value is -3.41. The van der Waals surface area contributed by atoms with Gasteiger partial charge in [-0.3, -0.25) is 14.5 Å². The first kappa shape index (κ1) is 26.8. The van der Waals surface area contributed by atoms with Crippen LogP contribution < -0.4 is 10.6 Å². The van der Waals surface area contributed by atoms with Gasteiger partial charge in [0.25, 0.3) is 5.91 Å². The van der Waals surface area contributed by atoms with Crippen molar-refractivity contribution in [2.45, 2.75) is 43.3 Å². The number of thiazole rings is 1. The zero-order valence-corrected chi connectivity index (χ0v) is 23.4. The van der Waals surface area contributed by atoms with Crippen LogP contribution in [-0.2, 0) is 20.9 Å². The molecular weight excluding hydrogens is 548 g/mol. The van der Waals surface area contributed by atoms with Crippen LogP contribution in [0.25, 0.3) is 11.3 Å². The molecule has 3 heterocycles. The lowest BCUT2D eigenvalue weighted by molar-refractivity contribution is -0.120. The summed E-state index contributed by atoms with van der Waals surface area (Å²) < 4.78 is 11.2. The summed E-state index contributed by atoms with van der Waals surface area (Å²) in [4.78, 5) is 45.2. The molecule has 3 atom stereocenters. The molecule has 6 rings (SSSR count). The lowest BCUT2D eigenvalue weighted by Gasteiger charge is -2.30. The minimum Gasteiger partial charge on any atom is -0.445 e. The van der Waals surface area contributed by atoms with Crippen molar-refractivity contribution in [1.29, 1.82) is 0 Å². The van der Waals surface area contributed by atoms with E-state index in [1.54, 1.807) is 28.8 Å². The topological polar surface area (TPSA) is 110 Å². The molecule has 2 aromatic carbocycles. The molecule has 1 aromatic heterocycles. The Labute approximate surface area is 240 Å². The quantitative estimate of drug-likeness (QED) is 0.397. The van der Waals surface area contributed by atoms with Crippen molar-refractivity contribution < 1.29 is 23.9 Å². The maximum Gasteiger partial charge on any atom is 0.411 e. The van der Waals surface area contributed by atoms with E-state index in [1.165, 1.54) is 11.3 Å². The molecule has 0 radical (unpaired) electrons. The van der Waals surface area contributed by atoms with Gasteiger partial charge in [0.2, 0.25) is 5.91 Å². The van der Waals surface area contributed by atoms with E-state index in [-0.39, 0.29) is 29.7 Å². The lowest BCUT2D eigenvalue weighted by atomic mass is 10.1. The van der Waals surface area contributed by atoms with Crippen LogP contribution in [0, 0.1) is 5.92 Å². The molecule has 1 aliphatic carbocycles. The molecule has 3 fully saturated rings. The Morgan fingerprint density at radius 2 is 1.85 bits per heavy atom. The number of anilines is 1. The predicted molar refractivity (Wildman–Crippen MR) is 154 cm³/mol. The fourth-order valence-corrected chi connectivity index (χ4v) is 7.13. The van der Waals surface area contributed by atoms with Gasteiger partial charge in [0.1, 0.15) is 12.6 Å². The molecular formula is C29H30N4O5S2. The summed E-state index contributed by atoms with van der Waals surface area (Å²) in [6.07, 6.45) is 2.42. The molecule has 3 amide bonds. The fraction of sp³-hybridized carbons (Fsp3) is 0.379. The van der Waals surface area contributed by atoms with Crippen LogP contribution in [-0.4, -0.2) is 64.2 Å². The summed E-state index contributed by atoms with van der Waals surface area (Å²) in [6, 6.07) is 16.4. The third kappa shape index (κ3) is 6.16. The third-order valence-electron chi connectivity index (χ3n) is 7.21. The van der Waals surface area contributed by atoms with E-state index in [2.05, 4.69) is 15.6 Å². The van der Waals surface area contributed by atoms with E-state index in [4.69, 9.17) is 9.47 Å². The maximum atomic E-state index is 13.4. The Morgan fingerprint density at radius 3 is 2.58 bits per heavy atom. The number of aromatic nitrogens is 1. The first-order valence-electron chi connectivity index (χ1n) is 13.4. The Balaban J connectivity index is 1.12. The van der Waals surface area contributed by atoms with Gasteiger partial charge in [-0.05, 0) is 37.0 Å². The number of benzene rings is 2. The monoisotopic (exact) mass is 578 g/mol. The molecule has 3 aromatic rings. The van der Waals surface area contributed by atoms with E-state index in [1.807, 2.05) is 47.8 Å². The van der Waals surface area contributed by atoms with Crippen LogP contribution in [0.15, 0.2) is 60.0 Å². The second-order valence-corrected chi connectivity index (χ2v) is 12.2. The largest absolute Gasteiger partial charge is 0.445 e. The third-order valence-corrected chi connectivity index (χ3v) is 9.43. The minimum atomic E-state index is -0.685. The van der Waals surface area contributed by atoms with Gasteiger partial charge in [0.15, 0.2) is 5.13 Å². The molecule has 0 spiro atoms. The molecule has 2 unspecified atom stereocenters. The van der Waals surface area contributed by atoms with Crippen molar-refractivity contribution in [3.63, 3.8) is 0 Å². The Kier molecular flexibility index (Phi) is 8.03. The number of rotatable bonds is 8. The van der Waals surface area contributed by atoms with E-state index in [0.717, 1.165) is 30.4 Å². The highest BCUT2D eigenvalue weighted by Crippen LogP contribution is 2.38. The highest BCUT2D eigenvalue weighted by atomic mass is 32.2. The first-order valence-corrected chi connectivity index (χ1v) is 15.3. The van der Waals surface area contributed by atoms with Crippen molar-refractivity contribution in [2.75, 3.05) is 24.3 Å². The van der Waals surface area contributed by atoms with Crippen LogP contribution in [0.4, 0.5) is 9.93 Å². The van der Waals surface area contributed by atoms with E-state index in [0.29, 0.717) is 41.4 Å². The summed E-state index contributed by atoms with van der Waals surface area (Å²) >= 11 is 2.91. The van der Waals surface area contributed by atoms with Gasteiger partial charge in [-0.2, -0.15) is 0 Å². The molecule has 3 aliphatic rings. The average molecular weight is 579 g/mol. The smallest absolute Gasteiger partial charge is 0.411 e. The summed E-state index contributed by atoms with van der Waals surface area (Å²) in [7, 11) is 0. The van der Waals surface area contributed by atoms with Crippen molar-refractivity contribution in [3.05, 3.63) is 71.1 Å². The molecule has 1 saturated carbocycles. The van der Waals surface area contributed by atoms with E-state index in [9.17, 15) is 14.4 Å². The van der Waals surface area contributed by atoms with Gasteiger partial charge < -0.3 is 20.1 Å². The number of hydrogen-bond acceptors (Lipinski definition) is 8. The average Bonchev–Trinajstić information content (AvgIpc) is 3.36. The number of amides is 3. The molecule has 9 nitrogen and oxygen atoms in total. The van der Waals surface area contributed by atoms with Gasteiger partial charge in [0, 0.05) is 40.8 Å². The molecule has 0 bridgehead atoms. The van der Waals surface area contributed by atoms with Crippen LogP contribution in [0.5, 0.6) is 0 Å². The number of ether oxygens (including phenoxy) is 2. The van der Waals surface area contributed by atoms with E-state index < -0.39 is 12.1 Å². The normalized spacial score (nSPS) is 22.2. The zero-order chi connectivity index (χ0) is 27.5. The predicted octanol–water partition coefficient (Wildman–Crippen LogP) is 4.76. The van der Waals surface area contributed by atoms with Gasteiger partial charge >= 0.3 is 6.09 Å². The summed E-state index contributed by atoms with van der Waals surface area (Å²) in [6.45, 7) is 1.35. The summed E-state index contributed by atoms with van der Waals surface area (Å²) in [5, 5.41) is 8.02. The summed E-state index contributed by atoms with van der Waals surface area (Å²) in [5.74, 6) is 0.256. The SMILES string of the molecule is O=C(NC1CC1)c1ccc(-c2csc(NC(=O)[C@@H]3CSC(C4CCOC4)N3C(=O)OCc3ccccc3)n2)cc1. The summed E-state index contributed by atoms with van der Waals surface area (Å²) in [5.41, 5.74) is 3.05. The van der Waals surface area contributed by atoms with Crippen molar-refractivity contribution in [1.82, 2.24) is 15.2 Å². The highest BCUT2D eigenvalue weighted by molar-refractivity contribution is 8.00. The number of nitrogens with zero attached hydrogens (tertiary/aromatic N) is 2. The second-order valence-electron chi connectivity index (χ2n) is 10.2. The molecule has 11 heteroatoms. The first-order chi connectivity index (χ1) is 19.5. The van der Waals surface area contributed by atoms with Gasteiger partial charge in [-0.1, -0.05) is 42.5 Å². The number of carbonyl (C=O) groups excluding carboxylic acids is 3. The maximum absolute atomic E-state index is 13.4. The van der Waals surface area contributed by atoms with Crippen LogP contribution in [0.3, 0.4) is 0 Å². The number of nitrogens with one attached hydrogen (secondary N) is 2. The Morgan fingerprint density at radius 1 is 1.05 bits per heavy atom. The number of hydrogen-bond donors (Lipinski definition) is 2. The van der Waals surface area contributed by atoms with Crippen LogP contribution >= 0.6 is 23.1 Å². The molecule has 2 aliphatic heterocycles. The standard InChI is InChI=1S/C29H30N4O5S2/c34-25(30-22-10-11-22)20-8-6-19(7-9-20)23-16-40-28(31-23)32-26(35)24-17-39-27(21-12-13-37-15-21)33(24)29(36)38-14-18-4-2-1-3-5-18/h1-9,16,21-22,24,27H,10-15,17H2,(H,30,34)(H,31,32,35)/t21?,24-,27?/m0/s1. The van der Waals surface area contributed by atoms with Crippen molar-refractivity contribution in [2.24, 2.45) is 5.92 Å². The van der Waals surface area contributed by atoms with E-state index >= 15 is 0 Å². The lowest BCUT2D eigenvalue weighted by Crippen LogP contribution is -2.49. The fourth-order valence-electron chi connectivity index (χ4n) is 4.84. The number of carbonyl (C=O) groups is 3. The minimum absolute atomic E-state index is 0.0657.